The Labute approximate surface area is 124 Å². The zero-order chi connectivity index (χ0) is 13.8. The number of benzene rings is 1. The molecule has 0 aliphatic carbocycles. The van der Waals surface area contributed by atoms with E-state index in [-0.39, 0.29) is 0 Å². The van der Waals surface area contributed by atoms with Gasteiger partial charge in [-0.1, -0.05) is 48.3 Å². The number of halogens is 2. The van der Waals surface area contributed by atoms with Gasteiger partial charge >= 0.3 is 0 Å². The number of rotatable bonds is 5. The molecule has 102 valence electrons. The Morgan fingerprint density at radius 2 is 2.00 bits per heavy atom. The highest BCUT2D eigenvalue weighted by Crippen LogP contribution is 2.31. The minimum absolute atomic E-state index is 0.304. The van der Waals surface area contributed by atoms with E-state index in [0.717, 1.165) is 30.0 Å². The van der Waals surface area contributed by atoms with Crippen LogP contribution in [-0.4, -0.2) is 11.9 Å². The standard InChI is InChI=1S/C15H22BrClO/c1-15(2,3)14(16)7-5-6-11-10-12(17)8-9-13(11)18-4/h8-10,14H,5-7H2,1-4H3. The summed E-state index contributed by atoms with van der Waals surface area (Å²) >= 11 is 9.79. The van der Waals surface area contributed by atoms with Gasteiger partial charge in [0.25, 0.3) is 0 Å². The van der Waals surface area contributed by atoms with E-state index in [9.17, 15) is 0 Å². The van der Waals surface area contributed by atoms with E-state index in [4.69, 9.17) is 16.3 Å². The van der Waals surface area contributed by atoms with Gasteiger partial charge in [-0.3, -0.25) is 0 Å². The van der Waals surface area contributed by atoms with Crippen LogP contribution >= 0.6 is 27.5 Å². The maximum Gasteiger partial charge on any atom is 0.122 e. The summed E-state index contributed by atoms with van der Waals surface area (Å²) in [5.74, 6) is 0.932. The summed E-state index contributed by atoms with van der Waals surface area (Å²) in [5, 5.41) is 0.775. The fraction of sp³-hybridized carbons (Fsp3) is 0.600. The van der Waals surface area contributed by atoms with Crippen molar-refractivity contribution in [3.63, 3.8) is 0 Å². The Hall–Kier alpha value is -0.210. The number of ether oxygens (including phenoxy) is 1. The SMILES string of the molecule is COc1ccc(Cl)cc1CCCC(Br)C(C)(C)C. The lowest BCUT2D eigenvalue weighted by molar-refractivity contribution is 0.378. The normalized spacial score (nSPS) is 13.4. The summed E-state index contributed by atoms with van der Waals surface area (Å²) < 4.78 is 5.35. The van der Waals surface area contributed by atoms with Crippen LogP contribution in [0.5, 0.6) is 5.75 Å². The van der Waals surface area contributed by atoms with Crippen molar-refractivity contribution in [3.8, 4) is 5.75 Å². The molecule has 1 unspecified atom stereocenters. The zero-order valence-corrected chi connectivity index (χ0v) is 13.9. The van der Waals surface area contributed by atoms with Crippen molar-refractivity contribution < 1.29 is 4.74 Å². The third-order valence-electron chi connectivity index (χ3n) is 3.09. The Balaban J connectivity index is 2.56. The second kappa shape index (κ2) is 6.81. The molecule has 0 N–H and O–H groups in total. The van der Waals surface area contributed by atoms with Gasteiger partial charge in [-0.2, -0.15) is 0 Å². The molecule has 0 aromatic heterocycles. The summed E-state index contributed by atoms with van der Waals surface area (Å²) in [4.78, 5) is 0.537. The van der Waals surface area contributed by atoms with Crippen LogP contribution in [0.15, 0.2) is 18.2 Å². The number of aryl methyl sites for hydroxylation is 1. The molecule has 0 heterocycles. The molecule has 3 heteroatoms. The van der Waals surface area contributed by atoms with Gasteiger partial charge in [-0.25, -0.2) is 0 Å². The lowest BCUT2D eigenvalue weighted by Crippen LogP contribution is -2.20. The molecule has 0 bridgehead atoms. The van der Waals surface area contributed by atoms with Crippen molar-refractivity contribution >= 4 is 27.5 Å². The largest absolute Gasteiger partial charge is 0.496 e. The van der Waals surface area contributed by atoms with Crippen LogP contribution in [0.25, 0.3) is 0 Å². The monoisotopic (exact) mass is 332 g/mol. The predicted molar refractivity (Wildman–Crippen MR) is 83.1 cm³/mol. The average molecular weight is 334 g/mol. The molecular weight excluding hydrogens is 312 g/mol. The zero-order valence-electron chi connectivity index (χ0n) is 11.6. The fourth-order valence-electron chi connectivity index (χ4n) is 1.85. The van der Waals surface area contributed by atoms with E-state index in [0.29, 0.717) is 10.2 Å². The van der Waals surface area contributed by atoms with Crippen LogP contribution in [0.2, 0.25) is 5.02 Å². The maximum absolute atomic E-state index is 6.02. The molecule has 0 amide bonds. The molecule has 1 aromatic carbocycles. The number of methoxy groups -OCH3 is 1. The highest BCUT2D eigenvalue weighted by Gasteiger charge is 2.21. The van der Waals surface area contributed by atoms with Gasteiger partial charge in [-0.15, -0.1) is 0 Å². The lowest BCUT2D eigenvalue weighted by atomic mass is 9.89. The van der Waals surface area contributed by atoms with E-state index >= 15 is 0 Å². The molecule has 0 saturated carbocycles. The number of hydrogen-bond donors (Lipinski definition) is 0. The van der Waals surface area contributed by atoms with E-state index in [1.807, 2.05) is 18.2 Å². The summed E-state index contributed by atoms with van der Waals surface area (Å²) in [5.41, 5.74) is 1.50. The van der Waals surface area contributed by atoms with Gasteiger partial charge in [0.1, 0.15) is 5.75 Å². The fourth-order valence-corrected chi connectivity index (χ4v) is 2.37. The molecule has 0 spiro atoms. The molecule has 1 aromatic rings. The topological polar surface area (TPSA) is 9.23 Å². The third kappa shape index (κ3) is 4.81. The van der Waals surface area contributed by atoms with Crippen LogP contribution in [0, 0.1) is 5.41 Å². The minimum Gasteiger partial charge on any atom is -0.496 e. The molecule has 18 heavy (non-hydrogen) atoms. The second-order valence-electron chi connectivity index (χ2n) is 5.68. The van der Waals surface area contributed by atoms with Gasteiger partial charge in [0, 0.05) is 9.85 Å². The molecule has 1 nitrogen and oxygen atoms in total. The smallest absolute Gasteiger partial charge is 0.122 e. The summed E-state index contributed by atoms with van der Waals surface area (Å²) in [6.45, 7) is 6.77. The molecule has 0 radical (unpaired) electrons. The number of alkyl halides is 1. The quantitative estimate of drug-likeness (QED) is 0.648. The molecule has 0 fully saturated rings. The maximum atomic E-state index is 6.02. The van der Waals surface area contributed by atoms with Gasteiger partial charge in [0.2, 0.25) is 0 Å². The van der Waals surface area contributed by atoms with Crippen LogP contribution < -0.4 is 4.74 Å². The van der Waals surface area contributed by atoms with Crippen LogP contribution in [0.1, 0.15) is 39.2 Å². The van der Waals surface area contributed by atoms with E-state index in [1.165, 1.54) is 5.56 Å². The van der Waals surface area contributed by atoms with E-state index in [1.54, 1.807) is 7.11 Å². The second-order valence-corrected chi connectivity index (χ2v) is 7.22. The summed E-state index contributed by atoms with van der Waals surface area (Å²) in [6, 6.07) is 5.81. The van der Waals surface area contributed by atoms with Gasteiger partial charge in [0.05, 0.1) is 7.11 Å². The van der Waals surface area contributed by atoms with E-state index < -0.39 is 0 Å². The van der Waals surface area contributed by atoms with Crippen molar-refractivity contribution in [1.29, 1.82) is 0 Å². The first-order valence-electron chi connectivity index (χ1n) is 6.31. The Morgan fingerprint density at radius 3 is 2.56 bits per heavy atom. The molecular formula is C15H22BrClO. The lowest BCUT2D eigenvalue weighted by Gasteiger charge is -2.25. The molecule has 0 aliphatic heterocycles. The highest BCUT2D eigenvalue weighted by atomic mass is 79.9. The Kier molecular flexibility index (Phi) is 6.00. The van der Waals surface area contributed by atoms with Crippen molar-refractivity contribution in [3.05, 3.63) is 28.8 Å². The van der Waals surface area contributed by atoms with Crippen LogP contribution in [0.3, 0.4) is 0 Å². The average Bonchev–Trinajstić information content (AvgIpc) is 2.28. The third-order valence-corrected chi connectivity index (χ3v) is 5.15. The predicted octanol–water partition coefficient (Wildman–Crippen LogP) is 5.48. The molecule has 1 atom stereocenters. The molecule has 0 saturated heterocycles. The molecule has 0 aliphatic rings. The Bertz CT molecular complexity index is 385. The van der Waals surface area contributed by atoms with E-state index in [2.05, 4.69) is 36.7 Å². The van der Waals surface area contributed by atoms with Crippen molar-refractivity contribution in [2.24, 2.45) is 5.41 Å². The molecule has 1 rings (SSSR count). The van der Waals surface area contributed by atoms with Crippen molar-refractivity contribution in [2.45, 2.75) is 44.9 Å². The summed E-state index contributed by atoms with van der Waals surface area (Å²) in [6.07, 6.45) is 3.28. The first kappa shape index (κ1) is 15.8. The van der Waals surface area contributed by atoms with Gasteiger partial charge < -0.3 is 4.74 Å². The van der Waals surface area contributed by atoms with Crippen molar-refractivity contribution in [2.75, 3.05) is 7.11 Å². The highest BCUT2D eigenvalue weighted by molar-refractivity contribution is 9.09. The minimum atomic E-state index is 0.304. The van der Waals surface area contributed by atoms with Crippen LogP contribution in [0.4, 0.5) is 0 Å². The van der Waals surface area contributed by atoms with Crippen LogP contribution in [-0.2, 0) is 6.42 Å². The number of hydrogen-bond acceptors (Lipinski definition) is 1. The van der Waals surface area contributed by atoms with Gasteiger partial charge in [0.15, 0.2) is 0 Å². The first-order chi connectivity index (χ1) is 8.34. The summed E-state index contributed by atoms with van der Waals surface area (Å²) in [7, 11) is 1.70. The first-order valence-corrected chi connectivity index (χ1v) is 7.60. The Morgan fingerprint density at radius 1 is 1.33 bits per heavy atom. The van der Waals surface area contributed by atoms with Gasteiger partial charge in [-0.05, 0) is 48.4 Å². The van der Waals surface area contributed by atoms with Crippen molar-refractivity contribution in [1.82, 2.24) is 0 Å².